The normalized spacial score (nSPS) is 15.1. The first-order chi connectivity index (χ1) is 9.95. The molecule has 0 bridgehead atoms. The number of thioether (sulfide) groups is 1. The zero-order valence-corrected chi connectivity index (χ0v) is 12.2. The predicted octanol–water partition coefficient (Wildman–Crippen LogP) is 1.86. The van der Waals surface area contributed by atoms with Crippen LogP contribution in [0.2, 0.25) is 0 Å². The summed E-state index contributed by atoms with van der Waals surface area (Å²) in [5, 5.41) is -2.63. The molecule has 0 aromatic heterocycles. The summed E-state index contributed by atoms with van der Waals surface area (Å²) < 4.78 is 83.8. The number of nitrogens with one attached hydrogen (secondary N) is 1. The van der Waals surface area contributed by atoms with Crippen molar-refractivity contribution in [3.8, 4) is 0 Å². The van der Waals surface area contributed by atoms with Crippen molar-refractivity contribution in [2.45, 2.75) is 30.5 Å². The van der Waals surface area contributed by atoms with Gasteiger partial charge in [-0.2, -0.15) is 22.0 Å². The van der Waals surface area contributed by atoms with E-state index in [-0.39, 0.29) is 0 Å². The largest absolute Gasteiger partial charge is 0.467 e. The molecule has 1 amide bonds. The maximum absolute atomic E-state index is 13.5. The number of hydrogen-bond acceptors (Lipinski definition) is 5. The van der Waals surface area contributed by atoms with Gasteiger partial charge in [0, 0.05) is 12.7 Å². The number of esters is 1. The Morgan fingerprint density at radius 1 is 1.23 bits per heavy atom. The fraction of sp³-hybridized carbons (Fsp3) is 0.800. The molecule has 0 aromatic rings. The number of alkyl halides is 6. The van der Waals surface area contributed by atoms with Crippen molar-refractivity contribution in [2.24, 2.45) is 0 Å². The number of ether oxygens (including phenoxy) is 2. The molecule has 0 radical (unpaired) electrons. The van der Waals surface area contributed by atoms with Crippen molar-refractivity contribution < 1.29 is 45.4 Å². The summed E-state index contributed by atoms with van der Waals surface area (Å²) in [4.78, 5) is 22.1. The van der Waals surface area contributed by atoms with Gasteiger partial charge in [-0.25, -0.2) is 9.18 Å². The second-order valence-electron chi connectivity index (χ2n) is 3.85. The van der Waals surface area contributed by atoms with Crippen molar-refractivity contribution in [2.75, 3.05) is 19.7 Å². The second kappa shape index (κ2) is 8.46. The Kier molecular flexibility index (Phi) is 8.01. The molecular formula is C10H13F6NO4S. The molecule has 130 valence electrons. The van der Waals surface area contributed by atoms with Gasteiger partial charge in [0.15, 0.2) is 6.86 Å². The highest BCUT2D eigenvalue weighted by Crippen LogP contribution is 2.42. The fourth-order valence-corrected chi connectivity index (χ4v) is 2.23. The van der Waals surface area contributed by atoms with Crippen LogP contribution < -0.4 is 5.32 Å². The molecule has 12 heteroatoms. The van der Waals surface area contributed by atoms with E-state index in [0.29, 0.717) is 0 Å². The lowest BCUT2D eigenvalue weighted by molar-refractivity contribution is -0.269. The fourth-order valence-electron chi connectivity index (χ4n) is 1.27. The third-order valence-electron chi connectivity index (χ3n) is 2.14. The molecule has 5 nitrogen and oxygen atoms in total. The third-order valence-corrected chi connectivity index (χ3v) is 3.24. The highest BCUT2D eigenvalue weighted by Gasteiger charge is 2.57. The Morgan fingerprint density at radius 3 is 2.14 bits per heavy atom. The summed E-state index contributed by atoms with van der Waals surface area (Å²) in [6.07, 6.45) is -9.21. The smallest absolute Gasteiger partial charge is 0.421 e. The lowest BCUT2D eigenvalue weighted by Crippen LogP contribution is -2.47. The summed E-state index contributed by atoms with van der Waals surface area (Å²) in [6.45, 7) is -1.09. The molecule has 2 atom stereocenters. The summed E-state index contributed by atoms with van der Waals surface area (Å²) in [6, 6.07) is -1.59. The minimum Gasteiger partial charge on any atom is -0.467 e. The quantitative estimate of drug-likeness (QED) is 0.531. The van der Waals surface area contributed by atoms with Crippen LogP contribution >= 0.6 is 11.8 Å². The van der Waals surface area contributed by atoms with E-state index in [2.05, 4.69) is 9.47 Å². The van der Waals surface area contributed by atoms with E-state index in [4.69, 9.17) is 0 Å². The lowest BCUT2D eigenvalue weighted by atomic mass is 10.3. The standard InChI is InChI=1S/C10H13F6NO4S/c1-5(18)17-6(7(19)20-2)3-22-10(15,16)8(21-4-11)9(12,13)14/h6,8H,3-4H2,1-2H3,(H,17,18)/t6-,8?/m0/s1. The lowest BCUT2D eigenvalue weighted by Gasteiger charge is -2.28. The zero-order chi connectivity index (χ0) is 17.6. The van der Waals surface area contributed by atoms with Crippen LogP contribution in [0.5, 0.6) is 0 Å². The maximum atomic E-state index is 13.5. The Balaban J connectivity index is 4.98. The molecule has 1 unspecified atom stereocenters. The Labute approximate surface area is 125 Å². The minimum atomic E-state index is -5.52. The molecule has 0 rings (SSSR count). The van der Waals surface area contributed by atoms with Crippen LogP contribution in [0.15, 0.2) is 0 Å². The molecule has 0 heterocycles. The van der Waals surface area contributed by atoms with Crippen LogP contribution in [0.25, 0.3) is 0 Å². The summed E-state index contributed by atoms with van der Waals surface area (Å²) in [7, 11) is 0.907. The molecule has 0 aromatic carbocycles. The van der Waals surface area contributed by atoms with Gasteiger partial charge in [-0.3, -0.25) is 4.79 Å². The molecule has 22 heavy (non-hydrogen) atoms. The molecule has 0 spiro atoms. The summed E-state index contributed by atoms with van der Waals surface area (Å²) in [5.74, 6) is -2.82. The zero-order valence-electron chi connectivity index (χ0n) is 11.4. The molecule has 0 saturated heterocycles. The van der Waals surface area contributed by atoms with Crippen molar-refractivity contribution >= 4 is 23.6 Å². The van der Waals surface area contributed by atoms with Gasteiger partial charge >= 0.3 is 17.4 Å². The van der Waals surface area contributed by atoms with Crippen LogP contribution in [-0.4, -0.2) is 55.2 Å². The summed E-state index contributed by atoms with van der Waals surface area (Å²) in [5.41, 5.74) is 0. The van der Waals surface area contributed by atoms with E-state index in [1.165, 1.54) is 0 Å². The van der Waals surface area contributed by atoms with Gasteiger partial charge in [-0.05, 0) is 0 Å². The number of carbonyl (C=O) groups is 2. The Bertz CT molecular complexity index is 392. The van der Waals surface area contributed by atoms with E-state index in [0.717, 1.165) is 14.0 Å². The van der Waals surface area contributed by atoms with Crippen molar-refractivity contribution in [1.29, 1.82) is 0 Å². The maximum Gasteiger partial charge on any atom is 0.421 e. The van der Waals surface area contributed by atoms with Crippen LogP contribution in [0.4, 0.5) is 26.3 Å². The first kappa shape index (κ1) is 20.8. The number of amides is 1. The van der Waals surface area contributed by atoms with Gasteiger partial charge in [0.1, 0.15) is 6.04 Å². The van der Waals surface area contributed by atoms with E-state index in [1.54, 1.807) is 0 Å². The van der Waals surface area contributed by atoms with E-state index < -0.39 is 59.8 Å². The summed E-state index contributed by atoms with van der Waals surface area (Å²) >= 11 is -0.613. The Hall–Kier alpha value is -1.17. The second-order valence-corrected chi connectivity index (χ2v) is 5.01. The molecule has 1 N–H and O–H groups in total. The average Bonchev–Trinajstić information content (AvgIpc) is 2.38. The van der Waals surface area contributed by atoms with E-state index >= 15 is 0 Å². The number of rotatable bonds is 8. The first-order valence-corrected chi connectivity index (χ1v) is 6.55. The highest BCUT2D eigenvalue weighted by molar-refractivity contribution is 8.00. The monoisotopic (exact) mass is 357 g/mol. The number of halogens is 6. The average molecular weight is 357 g/mol. The van der Waals surface area contributed by atoms with Gasteiger partial charge in [-0.1, -0.05) is 11.8 Å². The third kappa shape index (κ3) is 6.73. The first-order valence-electron chi connectivity index (χ1n) is 5.56. The van der Waals surface area contributed by atoms with Gasteiger partial charge < -0.3 is 14.8 Å². The van der Waals surface area contributed by atoms with Crippen molar-refractivity contribution in [3.05, 3.63) is 0 Å². The number of hydrogen-bond donors (Lipinski definition) is 1. The molecule has 0 aliphatic heterocycles. The van der Waals surface area contributed by atoms with Gasteiger partial charge in [-0.15, -0.1) is 0 Å². The molecule has 0 fully saturated rings. The number of methoxy groups -OCH3 is 1. The molecule has 0 aliphatic rings. The van der Waals surface area contributed by atoms with Crippen LogP contribution in [-0.2, 0) is 19.1 Å². The van der Waals surface area contributed by atoms with Gasteiger partial charge in [0.25, 0.3) is 0 Å². The highest BCUT2D eigenvalue weighted by atomic mass is 32.2. The number of carbonyl (C=O) groups excluding carboxylic acids is 2. The van der Waals surface area contributed by atoms with E-state index in [1.807, 2.05) is 5.32 Å². The van der Waals surface area contributed by atoms with Crippen LogP contribution in [0, 0.1) is 0 Å². The van der Waals surface area contributed by atoms with Crippen LogP contribution in [0.1, 0.15) is 6.92 Å². The van der Waals surface area contributed by atoms with Gasteiger partial charge in [0.05, 0.1) is 7.11 Å². The van der Waals surface area contributed by atoms with Crippen molar-refractivity contribution in [3.63, 3.8) is 0 Å². The molecular weight excluding hydrogens is 344 g/mol. The minimum absolute atomic E-state index is 0.613. The van der Waals surface area contributed by atoms with E-state index in [9.17, 15) is 35.9 Å². The predicted molar refractivity (Wildman–Crippen MR) is 63.9 cm³/mol. The Morgan fingerprint density at radius 2 is 1.77 bits per heavy atom. The van der Waals surface area contributed by atoms with Crippen molar-refractivity contribution in [1.82, 2.24) is 5.32 Å². The molecule has 0 aliphatic carbocycles. The van der Waals surface area contributed by atoms with Gasteiger partial charge in [0.2, 0.25) is 12.0 Å². The van der Waals surface area contributed by atoms with Crippen LogP contribution in [0.3, 0.4) is 0 Å². The topological polar surface area (TPSA) is 64.6 Å². The molecule has 0 saturated carbocycles. The SMILES string of the molecule is COC(=O)[C@H](CSC(F)(F)C(OCF)C(F)(F)F)NC(C)=O.